The molecule has 2 rings (SSSR count). The predicted molar refractivity (Wildman–Crippen MR) is 60.6 cm³/mol. The number of benzene rings is 1. The lowest BCUT2D eigenvalue weighted by molar-refractivity contribution is -0.112. The summed E-state index contributed by atoms with van der Waals surface area (Å²) in [7, 11) is 0. The fraction of sp³-hybridized carbons (Fsp3) is 0. The molecule has 1 amide bonds. The lowest BCUT2D eigenvalue weighted by Crippen LogP contribution is -2.06. The average Bonchev–Trinajstić information content (AvgIpc) is 2.27. The number of para-hydroxylation sites is 1. The van der Waals surface area contributed by atoms with Gasteiger partial charge < -0.3 is 10.7 Å². The third kappa shape index (κ3) is 1.79. The molecule has 1 heterocycles. The minimum absolute atomic E-state index is 0.0866. The Bertz CT molecular complexity index is 674. The Morgan fingerprint density at radius 1 is 1.31 bits per heavy atom. The molecule has 1 aromatic carbocycles. The number of aromatic nitrogens is 1. The van der Waals surface area contributed by atoms with Gasteiger partial charge in [0.15, 0.2) is 5.43 Å². The van der Waals surface area contributed by atoms with E-state index >= 15 is 0 Å². The van der Waals surface area contributed by atoms with Gasteiger partial charge in [-0.3, -0.25) is 9.59 Å². The van der Waals surface area contributed by atoms with Crippen molar-refractivity contribution in [1.82, 2.24) is 4.98 Å². The zero-order valence-corrected chi connectivity index (χ0v) is 8.28. The van der Waals surface area contributed by atoms with Crippen LogP contribution in [0.25, 0.3) is 10.9 Å². The van der Waals surface area contributed by atoms with Crippen LogP contribution in [0.4, 0.5) is 0 Å². The third-order valence-corrected chi connectivity index (χ3v) is 2.11. The molecule has 0 radical (unpaired) electrons. The zero-order chi connectivity index (χ0) is 11.5. The van der Waals surface area contributed by atoms with Gasteiger partial charge >= 0.3 is 0 Å². The van der Waals surface area contributed by atoms with E-state index in [1.807, 2.05) is 0 Å². The van der Waals surface area contributed by atoms with Crippen LogP contribution in [0.15, 0.2) is 35.3 Å². The van der Waals surface area contributed by atoms with Gasteiger partial charge in [-0.1, -0.05) is 12.0 Å². The van der Waals surface area contributed by atoms with Crippen LogP contribution in [0.1, 0.15) is 5.56 Å². The summed E-state index contributed by atoms with van der Waals surface area (Å²) >= 11 is 0. The van der Waals surface area contributed by atoms with Crippen LogP contribution in [-0.4, -0.2) is 10.9 Å². The predicted octanol–water partition coefficient (Wildman–Crippen LogP) is 0.365. The number of nitrogens with two attached hydrogens (primary N) is 1. The number of hydrogen-bond donors (Lipinski definition) is 2. The van der Waals surface area contributed by atoms with E-state index < -0.39 is 5.91 Å². The van der Waals surface area contributed by atoms with Gasteiger partial charge in [-0.15, -0.1) is 0 Å². The second-order valence-corrected chi connectivity index (χ2v) is 3.18. The fourth-order valence-electron chi connectivity index (χ4n) is 1.44. The Morgan fingerprint density at radius 2 is 2.12 bits per heavy atom. The van der Waals surface area contributed by atoms with Crippen molar-refractivity contribution >= 4 is 16.8 Å². The summed E-state index contributed by atoms with van der Waals surface area (Å²) in [5.74, 6) is 4.16. The Balaban J connectivity index is 2.74. The van der Waals surface area contributed by atoms with Crippen molar-refractivity contribution in [1.29, 1.82) is 0 Å². The smallest absolute Gasteiger partial charge is 0.293 e. The van der Waals surface area contributed by atoms with E-state index in [1.165, 1.54) is 6.07 Å². The lowest BCUT2D eigenvalue weighted by atomic mass is 10.1. The van der Waals surface area contributed by atoms with Crippen LogP contribution in [0.2, 0.25) is 0 Å². The monoisotopic (exact) mass is 212 g/mol. The molecule has 0 unspecified atom stereocenters. The summed E-state index contributed by atoms with van der Waals surface area (Å²) in [5, 5.41) is 0.541. The first-order valence-corrected chi connectivity index (χ1v) is 4.60. The largest absolute Gasteiger partial charge is 0.360 e. The highest BCUT2D eigenvalue weighted by atomic mass is 16.1. The number of fused-ring (bicyclic) bond motifs is 1. The average molecular weight is 212 g/mol. The summed E-state index contributed by atoms with van der Waals surface area (Å²) in [6, 6.07) is 6.56. The second kappa shape index (κ2) is 3.91. The number of amides is 1. The number of H-pyrrole nitrogens is 1. The van der Waals surface area contributed by atoms with Crippen LogP contribution < -0.4 is 11.2 Å². The first kappa shape index (κ1) is 9.99. The standard InChI is InChI=1S/C12H8N2O2/c13-11(16)5-4-8-2-1-3-9-10(15)6-7-14-12(8)9/h1-3,6-7H,(H2,13,16)(H,14,15). The maximum absolute atomic E-state index is 11.5. The second-order valence-electron chi connectivity index (χ2n) is 3.18. The van der Waals surface area contributed by atoms with E-state index in [9.17, 15) is 9.59 Å². The Labute approximate surface area is 91.1 Å². The minimum Gasteiger partial charge on any atom is -0.360 e. The number of carbonyl (C=O) groups excluding carboxylic acids is 1. The molecule has 78 valence electrons. The summed E-state index contributed by atoms with van der Waals surface area (Å²) in [6.45, 7) is 0. The highest BCUT2D eigenvalue weighted by molar-refractivity contribution is 5.94. The van der Waals surface area contributed by atoms with Crippen molar-refractivity contribution in [2.24, 2.45) is 5.73 Å². The number of aromatic amines is 1. The summed E-state index contributed by atoms with van der Waals surface area (Å²) < 4.78 is 0. The van der Waals surface area contributed by atoms with Crippen molar-refractivity contribution in [3.05, 3.63) is 46.2 Å². The van der Waals surface area contributed by atoms with Crippen molar-refractivity contribution in [3.8, 4) is 11.8 Å². The van der Waals surface area contributed by atoms with Crippen LogP contribution >= 0.6 is 0 Å². The number of primary amides is 1. The van der Waals surface area contributed by atoms with E-state index in [2.05, 4.69) is 16.8 Å². The first-order chi connectivity index (χ1) is 7.68. The molecule has 3 N–H and O–H groups in total. The molecular formula is C12H8N2O2. The molecule has 0 atom stereocenters. The number of hydrogen-bond acceptors (Lipinski definition) is 2. The van der Waals surface area contributed by atoms with Gasteiger partial charge in [-0.05, 0) is 12.1 Å². The van der Waals surface area contributed by atoms with E-state index in [0.717, 1.165) is 0 Å². The molecule has 0 bridgehead atoms. The Hall–Kier alpha value is -2.54. The molecule has 16 heavy (non-hydrogen) atoms. The Kier molecular flexibility index (Phi) is 2.44. The molecule has 0 saturated carbocycles. The molecule has 0 aliphatic heterocycles. The molecule has 0 fully saturated rings. The topological polar surface area (TPSA) is 76.0 Å². The SMILES string of the molecule is NC(=O)C#Cc1cccc2c(=O)cc[nH]c12. The molecule has 0 aliphatic rings. The maximum Gasteiger partial charge on any atom is 0.293 e. The molecule has 0 saturated heterocycles. The zero-order valence-electron chi connectivity index (χ0n) is 8.28. The van der Waals surface area contributed by atoms with Crippen molar-refractivity contribution in [2.75, 3.05) is 0 Å². The van der Waals surface area contributed by atoms with Crippen LogP contribution in [0.5, 0.6) is 0 Å². The van der Waals surface area contributed by atoms with E-state index in [-0.39, 0.29) is 5.43 Å². The summed E-state index contributed by atoms with van der Waals surface area (Å²) in [4.78, 5) is 25.0. The van der Waals surface area contributed by atoms with Crippen molar-refractivity contribution < 1.29 is 4.79 Å². The Morgan fingerprint density at radius 3 is 2.88 bits per heavy atom. The molecular weight excluding hydrogens is 204 g/mol. The first-order valence-electron chi connectivity index (χ1n) is 4.60. The van der Waals surface area contributed by atoms with E-state index in [4.69, 9.17) is 5.73 Å². The lowest BCUT2D eigenvalue weighted by Gasteiger charge is -1.98. The molecule has 0 aliphatic carbocycles. The van der Waals surface area contributed by atoms with Gasteiger partial charge in [-0.2, -0.15) is 0 Å². The van der Waals surface area contributed by atoms with Gasteiger partial charge in [0, 0.05) is 29.1 Å². The van der Waals surface area contributed by atoms with Crippen molar-refractivity contribution in [3.63, 3.8) is 0 Å². The van der Waals surface area contributed by atoms with Crippen LogP contribution in [0.3, 0.4) is 0 Å². The third-order valence-electron chi connectivity index (χ3n) is 2.11. The van der Waals surface area contributed by atoms with Gasteiger partial charge in [0.2, 0.25) is 0 Å². The molecule has 2 aromatic rings. The number of pyridine rings is 1. The van der Waals surface area contributed by atoms with Gasteiger partial charge in [0.1, 0.15) is 0 Å². The van der Waals surface area contributed by atoms with E-state index in [0.29, 0.717) is 16.5 Å². The van der Waals surface area contributed by atoms with Crippen molar-refractivity contribution in [2.45, 2.75) is 0 Å². The molecule has 4 nitrogen and oxygen atoms in total. The number of rotatable bonds is 0. The van der Waals surface area contributed by atoms with Crippen LogP contribution in [-0.2, 0) is 4.79 Å². The molecule has 1 aromatic heterocycles. The normalized spacial score (nSPS) is 9.50. The minimum atomic E-state index is -0.699. The van der Waals surface area contributed by atoms with Gasteiger partial charge in [-0.25, -0.2) is 0 Å². The highest BCUT2D eigenvalue weighted by Crippen LogP contribution is 2.11. The van der Waals surface area contributed by atoms with Crippen LogP contribution in [0, 0.1) is 11.8 Å². The molecule has 4 heteroatoms. The molecule has 0 spiro atoms. The number of nitrogens with one attached hydrogen (secondary N) is 1. The van der Waals surface area contributed by atoms with Gasteiger partial charge in [0.25, 0.3) is 5.91 Å². The van der Waals surface area contributed by atoms with Gasteiger partial charge in [0.05, 0.1) is 5.52 Å². The maximum atomic E-state index is 11.5. The highest BCUT2D eigenvalue weighted by Gasteiger charge is 2.00. The van der Waals surface area contributed by atoms with E-state index in [1.54, 1.807) is 24.4 Å². The summed E-state index contributed by atoms with van der Waals surface area (Å²) in [6.07, 6.45) is 1.54. The quantitative estimate of drug-likeness (QED) is 0.619. The number of carbonyl (C=O) groups is 1. The summed E-state index contributed by atoms with van der Waals surface area (Å²) in [5.41, 5.74) is 6.04. The fourth-order valence-corrected chi connectivity index (χ4v) is 1.44.